The lowest BCUT2D eigenvalue weighted by Crippen LogP contribution is -2.49. The lowest BCUT2D eigenvalue weighted by atomic mass is 10.1. The summed E-state index contributed by atoms with van der Waals surface area (Å²) in [6, 6.07) is 0.582. The van der Waals surface area contributed by atoms with Crippen molar-refractivity contribution in [2.24, 2.45) is 0 Å². The number of alkyl halides is 1. The standard InChI is InChI=1S/C19H19ClFN3O6/c1-10-8-29-17-14-11(16(25)12(18(26)27)7-24(10)14)6-13(21)15(17)22-2-4-23(5-3-22)19(28)30-9-20/h6-7,10H,2-5,8-9H2,1H3,(H,26,27). The number of hydrogen-bond acceptors (Lipinski definition) is 6. The molecule has 4 rings (SSSR count). The molecule has 2 aliphatic rings. The van der Waals surface area contributed by atoms with Crippen molar-refractivity contribution in [3.8, 4) is 5.75 Å². The Kier molecular flexibility index (Phi) is 5.19. The minimum absolute atomic E-state index is 0.0398. The van der Waals surface area contributed by atoms with Gasteiger partial charge in [-0.2, -0.15) is 0 Å². The summed E-state index contributed by atoms with van der Waals surface area (Å²) in [5.41, 5.74) is -0.618. The Morgan fingerprint density at radius 1 is 1.33 bits per heavy atom. The van der Waals surface area contributed by atoms with Crippen LogP contribution in [0.1, 0.15) is 23.3 Å². The van der Waals surface area contributed by atoms with Gasteiger partial charge in [0, 0.05) is 32.4 Å². The molecule has 1 N–H and O–H groups in total. The molecule has 160 valence electrons. The predicted octanol–water partition coefficient (Wildman–Crippen LogP) is 2.25. The summed E-state index contributed by atoms with van der Waals surface area (Å²) in [6.45, 7) is 3.26. The minimum Gasteiger partial charge on any atom is -0.487 e. The van der Waals surface area contributed by atoms with Gasteiger partial charge in [-0.3, -0.25) is 4.79 Å². The van der Waals surface area contributed by atoms with Gasteiger partial charge in [-0.15, -0.1) is 0 Å². The van der Waals surface area contributed by atoms with Crippen LogP contribution in [0.4, 0.5) is 14.9 Å². The third kappa shape index (κ3) is 3.20. The molecule has 0 saturated carbocycles. The van der Waals surface area contributed by atoms with Crippen molar-refractivity contribution in [1.29, 1.82) is 0 Å². The van der Waals surface area contributed by atoms with Crippen LogP contribution in [-0.2, 0) is 4.74 Å². The number of aromatic nitrogens is 1. The van der Waals surface area contributed by atoms with E-state index in [1.807, 2.05) is 6.92 Å². The Hall–Kier alpha value is -3.01. The van der Waals surface area contributed by atoms with Crippen LogP contribution < -0.4 is 15.1 Å². The Labute approximate surface area is 175 Å². The number of piperazine rings is 1. The number of carboxylic acid groups (broad SMARTS) is 1. The summed E-state index contributed by atoms with van der Waals surface area (Å²) in [4.78, 5) is 39.2. The molecule has 2 aliphatic heterocycles. The van der Waals surface area contributed by atoms with Crippen LogP contribution >= 0.6 is 11.6 Å². The quantitative estimate of drug-likeness (QED) is 0.732. The number of carbonyl (C=O) groups is 2. The lowest BCUT2D eigenvalue weighted by molar-refractivity contribution is 0.0694. The predicted molar refractivity (Wildman–Crippen MR) is 106 cm³/mol. The van der Waals surface area contributed by atoms with E-state index in [0.717, 1.165) is 6.07 Å². The Morgan fingerprint density at radius 3 is 2.67 bits per heavy atom. The molecule has 2 aromatic rings. The van der Waals surface area contributed by atoms with E-state index in [2.05, 4.69) is 0 Å². The van der Waals surface area contributed by atoms with Gasteiger partial charge in [-0.25, -0.2) is 14.0 Å². The van der Waals surface area contributed by atoms with Gasteiger partial charge in [0.05, 0.1) is 16.9 Å². The van der Waals surface area contributed by atoms with Crippen molar-refractivity contribution in [1.82, 2.24) is 9.47 Å². The first-order chi connectivity index (χ1) is 14.3. The van der Waals surface area contributed by atoms with Crippen LogP contribution in [0.15, 0.2) is 17.1 Å². The second-order valence-electron chi connectivity index (χ2n) is 7.17. The summed E-state index contributed by atoms with van der Waals surface area (Å²) in [7, 11) is 0. The van der Waals surface area contributed by atoms with Crippen LogP contribution in [0.2, 0.25) is 0 Å². The molecule has 1 unspecified atom stereocenters. The van der Waals surface area contributed by atoms with Crippen LogP contribution in [0.3, 0.4) is 0 Å². The average molecular weight is 440 g/mol. The zero-order valence-corrected chi connectivity index (χ0v) is 16.8. The first-order valence-electron chi connectivity index (χ1n) is 9.33. The van der Waals surface area contributed by atoms with E-state index >= 15 is 4.39 Å². The second kappa shape index (κ2) is 7.67. The van der Waals surface area contributed by atoms with Gasteiger partial charge in [-0.1, -0.05) is 11.6 Å². The van der Waals surface area contributed by atoms with Crippen molar-refractivity contribution < 1.29 is 28.6 Å². The number of halogens is 2. The van der Waals surface area contributed by atoms with E-state index in [1.54, 1.807) is 9.47 Å². The number of benzene rings is 1. The summed E-state index contributed by atoms with van der Waals surface area (Å²) in [5, 5.41) is 9.32. The van der Waals surface area contributed by atoms with Gasteiger partial charge in [0.25, 0.3) is 0 Å². The minimum atomic E-state index is -1.37. The summed E-state index contributed by atoms with van der Waals surface area (Å²) in [6.07, 6.45) is 0.746. The zero-order chi connectivity index (χ0) is 21.6. The molecule has 1 saturated heterocycles. The molecule has 0 radical (unpaired) electrons. The molecule has 30 heavy (non-hydrogen) atoms. The van der Waals surface area contributed by atoms with Crippen LogP contribution in [-0.4, -0.2) is 65.5 Å². The summed E-state index contributed by atoms with van der Waals surface area (Å²) >= 11 is 5.42. The molecule has 1 fully saturated rings. The topological polar surface area (TPSA) is 101 Å². The Morgan fingerprint density at radius 2 is 2.03 bits per heavy atom. The smallest absolute Gasteiger partial charge is 0.411 e. The molecular weight excluding hydrogens is 421 g/mol. The molecule has 1 aromatic heterocycles. The van der Waals surface area contributed by atoms with E-state index in [-0.39, 0.29) is 35.5 Å². The van der Waals surface area contributed by atoms with Crippen molar-refractivity contribution in [3.63, 3.8) is 0 Å². The maximum Gasteiger partial charge on any atom is 0.411 e. The van der Waals surface area contributed by atoms with E-state index in [4.69, 9.17) is 21.1 Å². The highest BCUT2D eigenvalue weighted by atomic mass is 35.5. The summed E-state index contributed by atoms with van der Waals surface area (Å²) < 4.78 is 27.4. The lowest BCUT2D eigenvalue weighted by Gasteiger charge is -2.37. The number of hydrogen-bond donors (Lipinski definition) is 1. The zero-order valence-electron chi connectivity index (χ0n) is 16.1. The van der Waals surface area contributed by atoms with Crippen molar-refractivity contribution in [2.75, 3.05) is 43.8 Å². The number of rotatable bonds is 3. The molecule has 9 nitrogen and oxygen atoms in total. The number of nitrogens with zero attached hydrogens (tertiary/aromatic N) is 3. The van der Waals surface area contributed by atoms with E-state index in [0.29, 0.717) is 31.7 Å². The fourth-order valence-corrected chi connectivity index (χ4v) is 4.00. The number of amides is 1. The first kappa shape index (κ1) is 20.3. The van der Waals surface area contributed by atoms with E-state index < -0.39 is 28.9 Å². The number of ether oxygens (including phenoxy) is 2. The molecule has 0 aliphatic carbocycles. The molecule has 1 aromatic carbocycles. The fourth-order valence-electron chi connectivity index (χ4n) is 3.91. The number of pyridine rings is 1. The second-order valence-corrected chi connectivity index (χ2v) is 7.39. The van der Waals surface area contributed by atoms with Gasteiger partial charge in [-0.05, 0) is 13.0 Å². The van der Waals surface area contributed by atoms with Crippen LogP contribution in [0, 0.1) is 5.82 Å². The SMILES string of the molecule is CC1COc2c(N3CCN(C(=O)OCCl)CC3)c(F)cc3c(=O)c(C(=O)O)cn1c23. The number of carboxylic acids is 1. The summed E-state index contributed by atoms with van der Waals surface area (Å²) in [5.74, 6) is -1.85. The van der Waals surface area contributed by atoms with E-state index in [1.165, 1.54) is 11.1 Å². The molecule has 3 heterocycles. The largest absolute Gasteiger partial charge is 0.487 e. The fraction of sp³-hybridized carbons (Fsp3) is 0.421. The molecule has 1 amide bonds. The highest BCUT2D eigenvalue weighted by Crippen LogP contribution is 2.42. The maximum atomic E-state index is 15.2. The van der Waals surface area contributed by atoms with Gasteiger partial charge in [0.2, 0.25) is 5.43 Å². The van der Waals surface area contributed by atoms with Crippen LogP contribution in [0.25, 0.3) is 10.9 Å². The van der Waals surface area contributed by atoms with Gasteiger partial charge in [0.15, 0.2) is 17.6 Å². The number of aromatic carboxylic acids is 1. The number of anilines is 1. The number of carbonyl (C=O) groups excluding carboxylic acids is 1. The first-order valence-corrected chi connectivity index (χ1v) is 9.87. The Balaban J connectivity index is 1.79. The highest BCUT2D eigenvalue weighted by Gasteiger charge is 2.32. The third-order valence-corrected chi connectivity index (χ3v) is 5.51. The Bertz CT molecular complexity index is 1100. The highest BCUT2D eigenvalue weighted by molar-refractivity contribution is 6.17. The molecule has 1 atom stereocenters. The third-order valence-electron chi connectivity index (χ3n) is 5.40. The monoisotopic (exact) mass is 439 g/mol. The molecule has 0 spiro atoms. The van der Waals surface area contributed by atoms with Crippen molar-refractivity contribution in [3.05, 3.63) is 33.9 Å². The van der Waals surface area contributed by atoms with Crippen molar-refractivity contribution >= 4 is 40.3 Å². The normalized spacial score (nSPS) is 18.3. The van der Waals surface area contributed by atoms with Gasteiger partial charge in [0.1, 0.15) is 17.9 Å². The average Bonchev–Trinajstić information content (AvgIpc) is 2.72. The van der Waals surface area contributed by atoms with E-state index in [9.17, 15) is 19.5 Å². The molecular formula is C19H19ClFN3O6. The molecule has 11 heteroatoms. The van der Waals surface area contributed by atoms with Gasteiger partial charge < -0.3 is 28.9 Å². The van der Waals surface area contributed by atoms with Gasteiger partial charge >= 0.3 is 12.1 Å². The maximum absolute atomic E-state index is 15.2. The molecule has 0 bridgehead atoms. The van der Waals surface area contributed by atoms with Crippen LogP contribution in [0.5, 0.6) is 5.75 Å². The van der Waals surface area contributed by atoms with Crippen molar-refractivity contribution in [2.45, 2.75) is 13.0 Å².